The van der Waals surface area contributed by atoms with Crippen LogP contribution in [0.25, 0.3) is 0 Å². The molecular formula is C14H16N2OS. The van der Waals surface area contributed by atoms with Crippen LogP contribution in [0.15, 0.2) is 47.5 Å². The molecular weight excluding hydrogens is 244 g/mol. The highest BCUT2D eigenvalue weighted by Crippen LogP contribution is 2.27. The third-order valence-corrected chi connectivity index (χ3v) is 3.31. The number of nitrogens with two attached hydrogens (primary N) is 1. The predicted molar refractivity (Wildman–Crippen MR) is 75.1 cm³/mol. The minimum absolute atomic E-state index is 0.0980. The molecule has 0 saturated heterocycles. The molecule has 1 heterocycles. The highest BCUT2D eigenvalue weighted by molar-refractivity contribution is 7.98. The first-order valence-corrected chi connectivity index (χ1v) is 6.95. The number of benzene rings is 1. The number of hydrogen-bond acceptors (Lipinski definition) is 4. The van der Waals surface area contributed by atoms with Crippen molar-refractivity contribution < 1.29 is 4.74 Å². The van der Waals surface area contributed by atoms with Crippen molar-refractivity contribution >= 4 is 11.8 Å². The van der Waals surface area contributed by atoms with Crippen molar-refractivity contribution in [3.8, 4) is 11.6 Å². The van der Waals surface area contributed by atoms with Gasteiger partial charge in [-0.05, 0) is 43.5 Å². The van der Waals surface area contributed by atoms with Gasteiger partial charge in [-0.25, -0.2) is 4.98 Å². The molecule has 0 aliphatic heterocycles. The van der Waals surface area contributed by atoms with Crippen LogP contribution in [-0.4, -0.2) is 11.2 Å². The van der Waals surface area contributed by atoms with E-state index in [1.807, 2.05) is 49.6 Å². The Hall–Kier alpha value is -1.52. The first-order valence-electron chi connectivity index (χ1n) is 5.73. The Kier molecular flexibility index (Phi) is 4.23. The van der Waals surface area contributed by atoms with Crippen molar-refractivity contribution in [1.29, 1.82) is 0 Å². The van der Waals surface area contributed by atoms with Crippen LogP contribution in [0.4, 0.5) is 0 Å². The molecule has 1 aromatic heterocycles. The molecule has 2 aromatic rings. The van der Waals surface area contributed by atoms with Gasteiger partial charge in [0.25, 0.3) is 0 Å². The molecule has 0 fully saturated rings. The van der Waals surface area contributed by atoms with Crippen molar-refractivity contribution in [3.63, 3.8) is 0 Å². The summed E-state index contributed by atoms with van der Waals surface area (Å²) in [5.74, 6) is 1.35. The molecule has 2 N–H and O–H groups in total. The fraction of sp³-hybridized carbons (Fsp3) is 0.214. The van der Waals surface area contributed by atoms with Gasteiger partial charge < -0.3 is 10.5 Å². The SMILES string of the molecule is CSc1ccc(Oc2ncccc2[C@H](C)N)cc1. The monoisotopic (exact) mass is 260 g/mol. The Balaban J connectivity index is 2.22. The van der Waals surface area contributed by atoms with E-state index in [4.69, 9.17) is 10.5 Å². The lowest BCUT2D eigenvalue weighted by Gasteiger charge is -2.12. The molecule has 4 heteroatoms. The van der Waals surface area contributed by atoms with Gasteiger partial charge in [0.05, 0.1) is 0 Å². The first-order chi connectivity index (χ1) is 8.70. The maximum atomic E-state index is 5.89. The summed E-state index contributed by atoms with van der Waals surface area (Å²) in [6, 6.07) is 11.6. The van der Waals surface area contributed by atoms with Gasteiger partial charge in [0.2, 0.25) is 5.88 Å². The fourth-order valence-electron chi connectivity index (χ4n) is 1.59. The van der Waals surface area contributed by atoms with Crippen LogP contribution in [-0.2, 0) is 0 Å². The zero-order chi connectivity index (χ0) is 13.0. The van der Waals surface area contributed by atoms with Crippen molar-refractivity contribution in [1.82, 2.24) is 4.98 Å². The van der Waals surface area contributed by atoms with E-state index in [0.29, 0.717) is 5.88 Å². The standard InChI is InChI=1S/C14H16N2OS/c1-10(15)13-4-3-9-16-14(13)17-11-5-7-12(18-2)8-6-11/h3-10H,15H2,1-2H3/t10-/m0/s1. The molecule has 0 unspecified atom stereocenters. The van der Waals surface area contributed by atoms with Crippen molar-refractivity contribution in [3.05, 3.63) is 48.2 Å². The second kappa shape index (κ2) is 5.89. The molecule has 0 saturated carbocycles. The van der Waals surface area contributed by atoms with Crippen LogP contribution in [0, 0.1) is 0 Å². The van der Waals surface area contributed by atoms with Gasteiger partial charge >= 0.3 is 0 Å². The molecule has 0 radical (unpaired) electrons. The van der Waals surface area contributed by atoms with Crippen LogP contribution in [0.2, 0.25) is 0 Å². The quantitative estimate of drug-likeness (QED) is 0.853. The van der Waals surface area contributed by atoms with Crippen molar-refractivity contribution in [2.75, 3.05) is 6.26 Å². The van der Waals surface area contributed by atoms with E-state index in [1.54, 1.807) is 18.0 Å². The lowest BCUT2D eigenvalue weighted by molar-refractivity contribution is 0.452. The summed E-state index contributed by atoms with van der Waals surface area (Å²) in [4.78, 5) is 5.43. The molecule has 18 heavy (non-hydrogen) atoms. The largest absolute Gasteiger partial charge is 0.439 e. The highest BCUT2D eigenvalue weighted by atomic mass is 32.2. The number of nitrogens with zero attached hydrogens (tertiary/aromatic N) is 1. The van der Waals surface area contributed by atoms with Gasteiger partial charge in [-0.15, -0.1) is 11.8 Å². The number of thioether (sulfide) groups is 1. The number of hydrogen-bond donors (Lipinski definition) is 1. The molecule has 0 aliphatic rings. The Morgan fingerprint density at radius 1 is 1.22 bits per heavy atom. The third kappa shape index (κ3) is 3.03. The lowest BCUT2D eigenvalue weighted by Crippen LogP contribution is -2.07. The van der Waals surface area contributed by atoms with E-state index in [9.17, 15) is 0 Å². The highest BCUT2D eigenvalue weighted by Gasteiger charge is 2.09. The summed E-state index contributed by atoms with van der Waals surface area (Å²) in [5.41, 5.74) is 6.80. The molecule has 0 bridgehead atoms. The maximum Gasteiger partial charge on any atom is 0.223 e. The summed E-state index contributed by atoms with van der Waals surface area (Å²) in [6.45, 7) is 1.92. The van der Waals surface area contributed by atoms with E-state index in [-0.39, 0.29) is 6.04 Å². The fourth-order valence-corrected chi connectivity index (χ4v) is 2.00. The summed E-state index contributed by atoms with van der Waals surface area (Å²) < 4.78 is 5.77. The van der Waals surface area contributed by atoms with Crippen molar-refractivity contribution in [2.24, 2.45) is 5.73 Å². The summed E-state index contributed by atoms with van der Waals surface area (Å²) in [5, 5.41) is 0. The molecule has 2 rings (SSSR count). The van der Waals surface area contributed by atoms with Gasteiger partial charge in [0.15, 0.2) is 0 Å². The normalized spacial score (nSPS) is 12.2. The average molecular weight is 260 g/mol. The van der Waals surface area contributed by atoms with E-state index in [1.165, 1.54) is 4.90 Å². The molecule has 0 amide bonds. The van der Waals surface area contributed by atoms with E-state index < -0.39 is 0 Å². The van der Waals surface area contributed by atoms with Gasteiger partial charge in [-0.2, -0.15) is 0 Å². The predicted octanol–water partition coefficient (Wildman–Crippen LogP) is 3.62. The van der Waals surface area contributed by atoms with Crippen LogP contribution in [0.1, 0.15) is 18.5 Å². The van der Waals surface area contributed by atoms with E-state index >= 15 is 0 Å². The van der Waals surface area contributed by atoms with E-state index in [0.717, 1.165) is 11.3 Å². The molecule has 1 aromatic carbocycles. The maximum absolute atomic E-state index is 5.89. The zero-order valence-corrected chi connectivity index (χ0v) is 11.3. The van der Waals surface area contributed by atoms with Crippen LogP contribution in [0.3, 0.4) is 0 Å². The van der Waals surface area contributed by atoms with Crippen molar-refractivity contribution in [2.45, 2.75) is 17.9 Å². The first kappa shape index (κ1) is 12.9. The number of rotatable bonds is 4. The summed E-state index contributed by atoms with van der Waals surface area (Å²) >= 11 is 1.70. The van der Waals surface area contributed by atoms with E-state index in [2.05, 4.69) is 4.98 Å². The topological polar surface area (TPSA) is 48.1 Å². The van der Waals surface area contributed by atoms with Crippen LogP contribution in [0.5, 0.6) is 11.6 Å². The third-order valence-electron chi connectivity index (χ3n) is 2.57. The number of pyridine rings is 1. The van der Waals surface area contributed by atoms with Gasteiger partial charge in [0, 0.05) is 22.7 Å². The van der Waals surface area contributed by atoms with Gasteiger partial charge in [-0.1, -0.05) is 6.07 Å². The molecule has 0 spiro atoms. The Bertz CT molecular complexity index is 511. The van der Waals surface area contributed by atoms with Gasteiger partial charge in [0.1, 0.15) is 5.75 Å². The number of aromatic nitrogens is 1. The molecule has 1 atom stereocenters. The van der Waals surface area contributed by atoms with Crippen LogP contribution < -0.4 is 10.5 Å². The molecule has 3 nitrogen and oxygen atoms in total. The number of ether oxygens (including phenoxy) is 1. The second-order valence-electron chi connectivity index (χ2n) is 3.96. The molecule has 0 aliphatic carbocycles. The zero-order valence-electron chi connectivity index (χ0n) is 10.5. The van der Waals surface area contributed by atoms with Crippen LogP contribution >= 0.6 is 11.8 Å². The average Bonchev–Trinajstić information content (AvgIpc) is 2.40. The second-order valence-corrected chi connectivity index (χ2v) is 4.84. The minimum atomic E-state index is -0.0980. The molecule has 94 valence electrons. The Morgan fingerprint density at radius 3 is 2.56 bits per heavy atom. The Labute approximate surface area is 111 Å². The summed E-state index contributed by atoms with van der Waals surface area (Å²) in [6.07, 6.45) is 3.75. The Morgan fingerprint density at radius 2 is 1.94 bits per heavy atom. The van der Waals surface area contributed by atoms with Gasteiger partial charge in [-0.3, -0.25) is 0 Å². The minimum Gasteiger partial charge on any atom is -0.439 e. The summed E-state index contributed by atoms with van der Waals surface area (Å²) in [7, 11) is 0. The lowest BCUT2D eigenvalue weighted by atomic mass is 10.1. The smallest absolute Gasteiger partial charge is 0.223 e.